The molecule has 0 radical (unpaired) electrons. The van der Waals surface area contributed by atoms with E-state index in [9.17, 15) is 4.79 Å². The number of unbranched alkanes of at least 4 members (excludes halogenated alkanes) is 1. The summed E-state index contributed by atoms with van der Waals surface area (Å²) in [6, 6.07) is 15.7. The number of benzene rings is 2. The van der Waals surface area contributed by atoms with Crippen molar-refractivity contribution in [2.75, 3.05) is 11.9 Å². The monoisotopic (exact) mass is 337 g/mol. The Bertz CT molecular complexity index is 685. The van der Waals surface area contributed by atoms with E-state index >= 15 is 0 Å². The summed E-state index contributed by atoms with van der Waals surface area (Å²) < 4.78 is 5.63. The van der Waals surface area contributed by atoms with Gasteiger partial charge in [-0.25, -0.2) is 0 Å². The van der Waals surface area contributed by atoms with Gasteiger partial charge in [-0.1, -0.05) is 51.5 Å². The Labute approximate surface area is 150 Å². The van der Waals surface area contributed by atoms with E-state index in [1.54, 1.807) is 12.2 Å². The average molecular weight is 337 g/mol. The van der Waals surface area contributed by atoms with Crippen LogP contribution >= 0.6 is 0 Å². The zero-order valence-corrected chi connectivity index (χ0v) is 15.3. The Kier molecular flexibility index (Phi) is 7.27. The minimum atomic E-state index is -0.138. The predicted octanol–water partition coefficient (Wildman–Crippen LogP) is 5.64. The van der Waals surface area contributed by atoms with E-state index in [4.69, 9.17) is 4.74 Å². The Hall–Kier alpha value is -2.55. The van der Waals surface area contributed by atoms with E-state index in [0.29, 0.717) is 5.92 Å². The SMILES string of the molecule is CCCCOc1ccc(/C=C/C(=O)Nc2ccc(C(C)C)cc2)cc1. The molecule has 0 atom stereocenters. The van der Waals surface area contributed by atoms with Gasteiger partial charge in [0.1, 0.15) is 5.75 Å². The summed E-state index contributed by atoms with van der Waals surface area (Å²) in [6.07, 6.45) is 5.52. The molecule has 1 amide bonds. The van der Waals surface area contributed by atoms with Crippen molar-refractivity contribution in [1.29, 1.82) is 0 Å². The second-order valence-corrected chi connectivity index (χ2v) is 6.37. The Morgan fingerprint density at radius 3 is 2.36 bits per heavy atom. The molecule has 2 aromatic rings. The van der Waals surface area contributed by atoms with Gasteiger partial charge in [0, 0.05) is 11.8 Å². The summed E-state index contributed by atoms with van der Waals surface area (Å²) in [6.45, 7) is 7.18. The summed E-state index contributed by atoms with van der Waals surface area (Å²) >= 11 is 0. The molecule has 2 rings (SSSR count). The normalized spacial score (nSPS) is 11.0. The van der Waals surface area contributed by atoms with Crippen LogP contribution in [0.5, 0.6) is 5.75 Å². The average Bonchev–Trinajstić information content (AvgIpc) is 2.62. The molecule has 2 aromatic carbocycles. The number of amides is 1. The molecule has 0 aliphatic rings. The van der Waals surface area contributed by atoms with Crippen molar-refractivity contribution < 1.29 is 9.53 Å². The van der Waals surface area contributed by atoms with Crippen LogP contribution in [0.1, 0.15) is 50.7 Å². The van der Waals surface area contributed by atoms with Gasteiger partial charge in [0.15, 0.2) is 0 Å². The van der Waals surface area contributed by atoms with Crippen LogP contribution in [0.25, 0.3) is 6.08 Å². The van der Waals surface area contributed by atoms with Gasteiger partial charge in [0.25, 0.3) is 0 Å². The quantitative estimate of drug-likeness (QED) is 0.500. The van der Waals surface area contributed by atoms with Crippen LogP contribution in [0, 0.1) is 0 Å². The van der Waals surface area contributed by atoms with Gasteiger partial charge in [-0.05, 0) is 53.8 Å². The molecule has 1 N–H and O–H groups in total. The highest BCUT2D eigenvalue weighted by atomic mass is 16.5. The fourth-order valence-electron chi connectivity index (χ4n) is 2.32. The summed E-state index contributed by atoms with van der Waals surface area (Å²) in [5, 5.41) is 2.87. The molecule has 0 saturated heterocycles. The number of carbonyl (C=O) groups excluding carboxylic acids is 1. The highest BCUT2D eigenvalue weighted by Crippen LogP contribution is 2.17. The minimum Gasteiger partial charge on any atom is -0.494 e. The van der Waals surface area contributed by atoms with E-state index in [-0.39, 0.29) is 5.91 Å². The third-order valence-electron chi connectivity index (χ3n) is 3.92. The summed E-state index contributed by atoms with van der Waals surface area (Å²) in [7, 11) is 0. The molecule has 0 aliphatic carbocycles. The molecule has 0 bridgehead atoms. The Balaban J connectivity index is 1.86. The lowest BCUT2D eigenvalue weighted by Gasteiger charge is -2.07. The van der Waals surface area contributed by atoms with Crippen molar-refractivity contribution >= 4 is 17.7 Å². The van der Waals surface area contributed by atoms with Gasteiger partial charge < -0.3 is 10.1 Å². The molecule has 0 fully saturated rings. The van der Waals surface area contributed by atoms with E-state index in [1.165, 1.54) is 5.56 Å². The molecule has 0 aliphatic heterocycles. The van der Waals surface area contributed by atoms with Gasteiger partial charge in [-0.2, -0.15) is 0 Å². The van der Waals surface area contributed by atoms with E-state index in [0.717, 1.165) is 36.4 Å². The van der Waals surface area contributed by atoms with Crippen molar-refractivity contribution in [2.24, 2.45) is 0 Å². The molecule has 0 aromatic heterocycles. The van der Waals surface area contributed by atoms with E-state index in [1.807, 2.05) is 48.5 Å². The highest BCUT2D eigenvalue weighted by Gasteiger charge is 2.01. The molecule has 3 heteroatoms. The summed E-state index contributed by atoms with van der Waals surface area (Å²) in [4.78, 5) is 12.0. The van der Waals surface area contributed by atoms with Crippen LogP contribution in [-0.2, 0) is 4.79 Å². The number of nitrogens with one attached hydrogen (secondary N) is 1. The van der Waals surface area contributed by atoms with Crippen LogP contribution in [0.4, 0.5) is 5.69 Å². The molecule has 3 nitrogen and oxygen atoms in total. The number of anilines is 1. The Morgan fingerprint density at radius 2 is 1.76 bits per heavy atom. The lowest BCUT2D eigenvalue weighted by molar-refractivity contribution is -0.111. The summed E-state index contributed by atoms with van der Waals surface area (Å²) in [5.74, 6) is 1.21. The number of ether oxygens (including phenoxy) is 1. The number of hydrogen-bond donors (Lipinski definition) is 1. The zero-order chi connectivity index (χ0) is 18.1. The molecule has 132 valence electrons. The number of rotatable bonds is 8. The molecule has 0 heterocycles. The standard InChI is InChI=1S/C22H27NO2/c1-4-5-16-25-21-13-6-18(7-14-21)8-15-22(24)23-20-11-9-19(10-12-20)17(2)3/h6-15,17H,4-5,16H2,1-3H3,(H,23,24)/b15-8+. The fraction of sp³-hybridized carbons (Fsp3) is 0.318. The lowest BCUT2D eigenvalue weighted by Crippen LogP contribution is -2.07. The van der Waals surface area contributed by atoms with Crippen LogP contribution in [0.3, 0.4) is 0 Å². The van der Waals surface area contributed by atoms with Crippen molar-refractivity contribution in [3.63, 3.8) is 0 Å². The van der Waals surface area contributed by atoms with Crippen LogP contribution in [-0.4, -0.2) is 12.5 Å². The molecule has 0 spiro atoms. The Morgan fingerprint density at radius 1 is 1.08 bits per heavy atom. The number of carbonyl (C=O) groups is 1. The predicted molar refractivity (Wildman–Crippen MR) is 105 cm³/mol. The molecular formula is C22H27NO2. The second kappa shape index (κ2) is 9.67. The smallest absolute Gasteiger partial charge is 0.248 e. The third kappa shape index (κ3) is 6.46. The third-order valence-corrected chi connectivity index (χ3v) is 3.92. The maximum atomic E-state index is 12.0. The van der Waals surface area contributed by atoms with Crippen molar-refractivity contribution in [2.45, 2.75) is 39.5 Å². The first-order valence-electron chi connectivity index (χ1n) is 8.90. The first-order chi connectivity index (χ1) is 12.1. The van der Waals surface area contributed by atoms with Crippen molar-refractivity contribution in [3.05, 3.63) is 65.7 Å². The van der Waals surface area contributed by atoms with Gasteiger partial charge in [0.05, 0.1) is 6.61 Å². The largest absolute Gasteiger partial charge is 0.494 e. The summed E-state index contributed by atoms with van der Waals surface area (Å²) in [5.41, 5.74) is 3.03. The second-order valence-electron chi connectivity index (χ2n) is 6.37. The van der Waals surface area contributed by atoms with Crippen molar-refractivity contribution in [3.8, 4) is 5.75 Å². The van der Waals surface area contributed by atoms with E-state index in [2.05, 4.69) is 26.1 Å². The maximum absolute atomic E-state index is 12.0. The molecular weight excluding hydrogens is 310 g/mol. The first kappa shape index (κ1) is 18.8. The molecule has 0 unspecified atom stereocenters. The zero-order valence-electron chi connectivity index (χ0n) is 15.3. The molecule has 0 saturated carbocycles. The highest BCUT2D eigenvalue weighted by molar-refractivity contribution is 6.01. The fourth-order valence-corrected chi connectivity index (χ4v) is 2.32. The van der Waals surface area contributed by atoms with Gasteiger partial charge in [-0.15, -0.1) is 0 Å². The van der Waals surface area contributed by atoms with Crippen molar-refractivity contribution in [1.82, 2.24) is 0 Å². The van der Waals surface area contributed by atoms with Crippen LogP contribution in [0.2, 0.25) is 0 Å². The van der Waals surface area contributed by atoms with Gasteiger partial charge >= 0.3 is 0 Å². The topological polar surface area (TPSA) is 38.3 Å². The maximum Gasteiger partial charge on any atom is 0.248 e. The first-order valence-corrected chi connectivity index (χ1v) is 8.90. The molecule has 25 heavy (non-hydrogen) atoms. The van der Waals surface area contributed by atoms with Crippen LogP contribution < -0.4 is 10.1 Å². The minimum absolute atomic E-state index is 0.138. The van der Waals surface area contributed by atoms with Crippen LogP contribution in [0.15, 0.2) is 54.6 Å². The number of hydrogen-bond acceptors (Lipinski definition) is 2. The lowest BCUT2D eigenvalue weighted by atomic mass is 10.0. The van der Waals surface area contributed by atoms with E-state index < -0.39 is 0 Å². The van der Waals surface area contributed by atoms with Gasteiger partial charge in [-0.3, -0.25) is 4.79 Å². The van der Waals surface area contributed by atoms with Gasteiger partial charge in [0.2, 0.25) is 5.91 Å².